The quantitative estimate of drug-likeness (QED) is 0.674. The van der Waals surface area contributed by atoms with Gasteiger partial charge in [-0.05, 0) is 17.5 Å². The lowest BCUT2D eigenvalue weighted by atomic mass is 10.0. The zero-order valence-corrected chi connectivity index (χ0v) is 8.84. The smallest absolute Gasteiger partial charge is 0.122 e. The molecule has 0 atom stereocenters. The van der Waals surface area contributed by atoms with Gasteiger partial charge >= 0.3 is 0 Å². The standard InChI is InChI=1S/C11H15ClO/c1-9(2)10-5-3-4-6-11(10)13-8-7-12/h3-6,9H,7-8H2,1-2H3. The average Bonchev–Trinajstić information content (AvgIpc) is 2.15. The zero-order valence-electron chi connectivity index (χ0n) is 8.09. The summed E-state index contributed by atoms with van der Waals surface area (Å²) in [6.07, 6.45) is 0. The largest absolute Gasteiger partial charge is 0.492 e. The molecule has 0 heterocycles. The number of hydrogen-bond acceptors (Lipinski definition) is 1. The number of rotatable bonds is 4. The summed E-state index contributed by atoms with van der Waals surface area (Å²) < 4.78 is 5.52. The molecule has 1 nitrogen and oxygen atoms in total. The summed E-state index contributed by atoms with van der Waals surface area (Å²) in [4.78, 5) is 0. The topological polar surface area (TPSA) is 9.23 Å². The van der Waals surface area contributed by atoms with Crippen LogP contribution in [0.15, 0.2) is 24.3 Å². The van der Waals surface area contributed by atoms with Crippen LogP contribution in [0.3, 0.4) is 0 Å². The Bertz CT molecular complexity index is 258. The van der Waals surface area contributed by atoms with Gasteiger partial charge in [-0.3, -0.25) is 0 Å². The van der Waals surface area contributed by atoms with Crippen molar-refractivity contribution in [2.45, 2.75) is 19.8 Å². The predicted molar refractivity (Wildman–Crippen MR) is 56.7 cm³/mol. The van der Waals surface area contributed by atoms with E-state index in [9.17, 15) is 0 Å². The van der Waals surface area contributed by atoms with E-state index in [1.54, 1.807) is 0 Å². The maximum absolute atomic E-state index is 5.56. The molecular weight excluding hydrogens is 184 g/mol. The Morgan fingerprint density at radius 1 is 1.31 bits per heavy atom. The van der Waals surface area contributed by atoms with Crippen LogP contribution in [0.1, 0.15) is 25.3 Å². The van der Waals surface area contributed by atoms with Crippen molar-refractivity contribution in [2.24, 2.45) is 0 Å². The molecule has 0 aliphatic carbocycles. The Morgan fingerprint density at radius 3 is 2.62 bits per heavy atom. The van der Waals surface area contributed by atoms with E-state index in [0.29, 0.717) is 18.4 Å². The van der Waals surface area contributed by atoms with Gasteiger partial charge in [0.2, 0.25) is 0 Å². The van der Waals surface area contributed by atoms with Crippen LogP contribution in [0, 0.1) is 0 Å². The van der Waals surface area contributed by atoms with Crippen LogP contribution in [0.4, 0.5) is 0 Å². The maximum atomic E-state index is 5.56. The van der Waals surface area contributed by atoms with E-state index in [-0.39, 0.29) is 0 Å². The SMILES string of the molecule is CC(C)c1ccccc1OCCCl. The Labute approximate surface area is 84.7 Å². The fourth-order valence-electron chi connectivity index (χ4n) is 1.24. The lowest BCUT2D eigenvalue weighted by molar-refractivity contribution is 0.337. The van der Waals surface area contributed by atoms with E-state index >= 15 is 0 Å². The molecule has 0 amide bonds. The van der Waals surface area contributed by atoms with Gasteiger partial charge in [-0.15, -0.1) is 11.6 Å². The number of alkyl halides is 1. The normalized spacial score (nSPS) is 10.5. The number of benzene rings is 1. The maximum Gasteiger partial charge on any atom is 0.122 e. The van der Waals surface area contributed by atoms with Crippen molar-refractivity contribution < 1.29 is 4.74 Å². The number of ether oxygens (including phenoxy) is 1. The van der Waals surface area contributed by atoms with Crippen molar-refractivity contribution in [3.8, 4) is 5.75 Å². The van der Waals surface area contributed by atoms with Gasteiger partial charge in [0.1, 0.15) is 12.4 Å². The second kappa shape index (κ2) is 5.13. The Morgan fingerprint density at radius 2 is 2.00 bits per heavy atom. The van der Waals surface area contributed by atoms with E-state index < -0.39 is 0 Å². The highest BCUT2D eigenvalue weighted by molar-refractivity contribution is 6.18. The van der Waals surface area contributed by atoms with Crippen LogP contribution in [-0.4, -0.2) is 12.5 Å². The second-order valence-corrected chi connectivity index (χ2v) is 3.61. The van der Waals surface area contributed by atoms with Crippen molar-refractivity contribution in [3.63, 3.8) is 0 Å². The van der Waals surface area contributed by atoms with E-state index in [1.807, 2.05) is 18.2 Å². The molecule has 1 aromatic rings. The summed E-state index contributed by atoms with van der Waals surface area (Å²) in [6.45, 7) is 4.89. The number of hydrogen-bond donors (Lipinski definition) is 0. The van der Waals surface area contributed by atoms with Gasteiger partial charge in [0.25, 0.3) is 0 Å². The number of para-hydroxylation sites is 1. The number of halogens is 1. The van der Waals surface area contributed by atoms with Crippen molar-refractivity contribution in [1.29, 1.82) is 0 Å². The first-order chi connectivity index (χ1) is 6.25. The van der Waals surface area contributed by atoms with E-state index in [1.165, 1.54) is 5.56 Å². The molecule has 2 heteroatoms. The van der Waals surface area contributed by atoms with Gasteiger partial charge in [0.05, 0.1) is 5.88 Å². The van der Waals surface area contributed by atoms with Gasteiger partial charge in [0.15, 0.2) is 0 Å². The summed E-state index contributed by atoms with van der Waals surface area (Å²) >= 11 is 5.56. The third-order valence-electron chi connectivity index (χ3n) is 1.88. The Kier molecular flexibility index (Phi) is 4.10. The molecule has 0 saturated heterocycles. The molecule has 0 N–H and O–H groups in total. The molecule has 0 unspecified atom stereocenters. The molecule has 13 heavy (non-hydrogen) atoms. The molecule has 0 aromatic heterocycles. The molecular formula is C11H15ClO. The lowest BCUT2D eigenvalue weighted by Gasteiger charge is -2.12. The van der Waals surface area contributed by atoms with Crippen LogP contribution in [0.2, 0.25) is 0 Å². The highest BCUT2D eigenvalue weighted by Gasteiger charge is 2.05. The molecule has 0 radical (unpaired) electrons. The van der Waals surface area contributed by atoms with Crippen molar-refractivity contribution in [1.82, 2.24) is 0 Å². The van der Waals surface area contributed by atoms with Crippen LogP contribution >= 0.6 is 11.6 Å². The molecule has 1 rings (SSSR count). The fraction of sp³-hybridized carbons (Fsp3) is 0.455. The summed E-state index contributed by atoms with van der Waals surface area (Å²) in [5.41, 5.74) is 1.24. The molecule has 72 valence electrons. The van der Waals surface area contributed by atoms with Gasteiger partial charge in [-0.25, -0.2) is 0 Å². The minimum absolute atomic E-state index is 0.492. The van der Waals surface area contributed by atoms with Gasteiger partial charge in [-0.1, -0.05) is 32.0 Å². The first kappa shape index (κ1) is 10.4. The summed E-state index contributed by atoms with van der Waals surface area (Å²) in [5.74, 6) is 1.98. The van der Waals surface area contributed by atoms with Crippen LogP contribution in [0.25, 0.3) is 0 Å². The van der Waals surface area contributed by atoms with Crippen molar-refractivity contribution in [2.75, 3.05) is 12.5 Å². The van der Waals surface area contributed by atoms with Crippen molar-refractivity contribution >= 4 is 11.6 Å². The van der Waals surface area contributed by atoms with Crippen LogP contribution in [0.5, 0.6) is 5.75 Å². The first-order valence-electron chi connectivity index (χ1n) is 4.53. The van der Waals surface area contributed by atoms with Gasteiger partial charge in [0, 0.05) is 0 Å². The average molecular weight is 199 g/mol. The zero-order chi connectivity index (χ0) is 9.68. The highest BCUT2D eigenvalue weighted by Crippen LogP contribution is 2.25. The summed E-state index contributed by atoms with van der Waals surface area (Å²) in [5, 5.41) is 0. The fourth-order valence-corrected chi connectivity index (χ4v) is 1.31. The molecule has 0 bridgehead atoms. The lowest BCUT2D eigenvalue weighted by Crippen LogP contribution is -2.01. The second-order valence-electron chi connectivity index (χ2n) is 3.23. The van der Waals surface area contributed by atoms with E-state index in [4.69, 9.17) is 16.3 Å². The summed E-state index contributed by atoms with van der Waals surface area (Å²) in [6, 6.07) is 8.09. The minimum atomic E-state index is 0.492. The molecule has 0 spiro atoms. The predicted octanol–water partition coefficient (Wildman–Crippen LogP) is 3.43. The Balaban J connectivity index is 2.78. The monoisotopic (exact) mass is 198 g/mol. The molecule has 0 aliphatic rings. The third kappa shape index (κ3) is 2.92. The van der Waals surface area contributed by atoms with E-state index in [0.717, 1.165) is 5.75 Å². The van der Waals surface area contributed by atoms with Gasteiger partial charge in [-0.2, -0.15) is 0 Å². The molecule has 0 fully saturated rings. The summed E-state index contributed by atoms with van der Waals surface area (Å²) in [7, 11) is 0. The van der Waals surface area contributed by atoms with Crippen LogP contribution in [-0.2, 0) is 0 Å². The highest BCUT2D eigenvalue weighted by atomic mass is 35.5. The van der Waals surface area contributed by atoms with Crippen molar-refractivity contribution in [3.05, 3.63) is 29.8 Å². The van der Waals surface area contributed by atoms with Gasteiger partial charge < -0.3 is 4.74 Å². The molecule has 0 saturated carbocycles. The first-order valence-corrected chi connectivity index (χ1v) is 5.07. The molecule has 1 aromatic carbocycles. The van der Waals surface area contributed by atoms with Crippen LogP contribution < -0.4 is 4.74 Å². The third-order valence-corrected chi connectivity index (χ3v) is 2.03. The Hall–Kier alpha value is -0.690. The molecule has 0 aliphatic heterocycles. The van der Waals surface area contributed by atoms with E-state index in [2.05, 4.69) is 19.9 Å². The minimum Gasteiger partial charge on any atom is -0.492 e.